The Bertz CT molecular complexity index is 439. The Morgan fingerprint density at radius 2 is 1.79 bits per heavy atom. The summed E-state index contributed by atoms with van der Waals surface area (Å²) in [5.74, 6) is 1.04. The van der Waals surface area contributed by atoms with Crippen LogP contribution in [0, 0.1) is 0 Å². The number of Topliss-reactive ketones (excluding diaryl/α,β-unsaturated/α-hetero) is 1. The van der Waals surface area contributed by atoms with Gasteiger partial charge in [0.2, 0.25) is 0 Å². The van der Waals surface area contributed by atoms with Crippen LogP contribution in [0.25, 0.3) is 0 Å². The van der Waals surface area contributed by atoms with E-state index < -0.39 is 0 Å². The first-order valence-electron chi connectivity index (χ1n) is 6.85. The molecule has 2 heterocycles. The molecule has 1 saturated heterocycles. The molecular formula is C15H23N3O. The summed E-state index contributed by atoms with van der Waals surface area (Å²) in [5, 5.41) is 0. The molecule has 19 heavy (non-hydrogen) atoms. The molecule has 1 aromatic heterocycles. The number of nitrogens with zero attached hydrogens (tertiary/aromatic N) is 3. The molecule has 0 aromatic carbocycles. The van der Waals surface area contributed by atoms with Crippen LogP contribution in [-0.2, 0) is 0 Å². The molecule has 0 radical (unpaired) electrons. The second kappa shape index (κ2) is 5.29. The summed E-state index contributed by atoms with van der Waals surface area (Å²) in [7, 11) is 0. The Morgan fingerprint density at radius 3 is 2.21 bits per heavy atom. The Kier molecular flexibility index (Phi) is 3.90. The number of rotatable bonds is 2. The largest absolute Gasteiger partial charge is 0.354 e. The predicted octanol–water partition coefficient (Wildman–Crippen LogP) is 2.20. The highest BCUT2D eigenvalue weighted by atomic mass is 16.1. The maximum Gasteiger partial charge on any atom is 0.161 e. The van der Waals surface area contributed by atoms with Crippen molar-refractivity contribution in [3.05, 3.63) is 23.9 Å². The highest BCUT2D eigenvalue weighted by Crippen LogP contribution is 2.19. The Morgan fingerprint density at radius 1 is 1.16 bits per heavy atom. The highest BCUT2D eigenvalue weighted by Gasteiger charge is 2.26. The lowest BCUT2D eigenvalue weighted by atomic mass is 10.0. The van der Waals surface area contributed by atoms with E-state index in [4.69, 9.17) is 0 Å². The third-order valence-corrected chi connectivity index (χ3v) is 3.71. The van der Waals surface area contributed by atoms with Crippen LogP contribution in [0.5, 0.6) is 0 Å². The summed E-state index contributed by atoms with van der Waals surface area (Å²) in [5.41, 5.74) is 0.912. The summed E-state index contributed by atoms with van der Waals surface area (Å²) >= 11 is 0. The van der Waals surface area contributed by atoms with Gasteiger partial charge in [0.05, 0.1) is 0 Å². The average Bonchev–Trinajstić information content (AvgIpc) is 2.38. The molecule has 1 aromatic rings. The number of carbonyl (C=O) groups is 1. The van der Waals surface area contributed by atoms with Crippen LogP contribution >= 0.6 is 0 Å². The van der Waals surface area contributed by atoms with Gasteiger partial charge in [-0.2, -0.15) is 0 Å². The quantitative estimate of drug-likeness (QED) is 0.765. The minimum atomic E-state index is 0.0663. The topological polar surface area (TPSA) is 36.4 Å². The second-order valence-electron chi connectivity index (χ2n) is 6.11. The summed E-state index contributed by atoms with van der Waals surface area (Å²) in [4.78, 5) is 20.4. The fourth-order valence-electron chi connectivity index (χ4n) is 2.39. The third kappa shape index (κ3) is 3.32. The van der Waals surface area contributed by atoms with E-state index in [0.29, 0.717) is 5.56 Å². The van der Waals surface area contributed by atoms with Gasteiger partial charge in [-0.25, -0.2) is 4.98 Å². The van der Waals surface area contributed by atoms with E-state index in [1.807, 2.05) is 12.1 Å². The van der Waals surface area contributed by atoms with Crippen molar-refractivity contribution in [1.82, 2.24) is 9.88 Å². The van der Waals surface area contributed by atoms with E-state index in [-0.39, 0.29) is 11.3 Å². The van der Waals surface area contributed by atoms with Gasteiger partial charge in [-0.05, 0) is 39.8 Å². The number of hydrogen-bond donors (Lipinski definition) is 0. The lowest BCUT2D eigenvalue weighted by Crippen LogP contribution is -2.53. The van der Waals surface area contributed by atoms with Gasteiger partial charge in [0.1, 0.15) is 5.82 Å². The Labute approximate surface area is 115 Å². The first-order valence-corrected chi connectivity index (χ1v) is 6.85. The van der Waals surface area contributed by atoms with E-state index in [1.54, 1.807) is 13.1 Å². The molecule has 0 atom stereocenters. The van der Waals surface area contributed by atoms with Gasteiger partial charge < -0.3 is 4.90 Å². The Hall–Kier alpha value is -1.42. The van der Waals surface area contributed by atoms with Crippen molar-refractivity contribution in [2.75, 3.05) is 31.1 Å². The molecule has 4 nitrogen and oxygen atoms in total. The Balaban J connectivity index is 2.00. The first kappa shape index (κ1) is 14.0. The highest BCUT2D eigenvalue weighted by molar-refractivity contribution is 5.93. The van der Waals surface area contributed by atoms with Gasteiger partial charge in [-0.3, -0.25) is 9.69 Å². The van der Waals surface area contributed by atoms with Gasteiger partial charge in [0.25, 0.3) is 0 Å². The number of hydrogen-bond acceptors (Lipinski definition) is 4. The van der Waals surface area contributed by atoms with Crippen LogP contribution in [0.3, 0.4) is 0 Å². The number of carbonyl (C=O) groups excluding carboxylic acids is 1. The zero-order valence-electron chi connectivity index (χ0n) is 12.3. The molecule has 0 spiro atoms. The standard InChI is InChI=1S/C15H23N3O/c1-12(19)13-5-6-14(16-11-13)17-7-9-18(10-8-17)15(2,3)4/h5-6,11H,7-10H2,1-4H3. The molecule has 104 valence electrons. The van der Waals surface area contributed by atoms with Crippen molar-refractivity contribution in [3.63, 3.8) is 0 Å². The van der Waals surface area contributed by atoms with Crippen LogP contribution in [-0.4, -0.2) is 47.4 Å². The monoisotopic (exact) mass is 261 g/mol. The molecule has 0 N–H and O–H groups in total. The fourth-order valence-corrected chi connectivity index (χ4v) is 2.39. The molecule has 0 bridgehead atoms. The molecule has 1 aliphatic rings. The molecule has 0 saturated carbocycles. The maximum absolute atomic E-state index is 11.2. The van der Waals surface area contributed by atoms with Crippen LogP contribution < -0.4 is 4.90 Å². The van der Waals surface area contributed by atoms with Gasteiger partial charge in [-0.15, -0.1) is 0 Å². The molecule has 0 aliphatic carbocycles. The summed E-state index contributed by atoms with van der Waals surface area (Å²) < 4.78 is 0. The molecule has 2 rings (SSSR count). The van der Waals surface area contributed by atoms with Gasteiger partial charge in [-0.1, -0.05) is 0 Å². The normalized spacial score (nSPS) is 17.6. The van der Waals surface area contributed by atoms with Gasteiger partial charge in [0.15, 0.2) is 5.78 Å². The van der Waals surface area contributed by atoms with Gasteiger partial charge in [0, 0.05) is 43.5 Å². The van der Waals surface area contributed by atoms with Crippen molar-refractivity contribution in [2.45, 2.75) is 33.2 Å². The maximum atomic E-state index is 11.2. The van der Waals surface area contributed by atoms with E-state index >= 15 is 0 Å². The number of ketones is 1. The lowest BCUT2D eigenvalue weighted by Gasteiger charge is -2.42. The molecular weight excluding hydrogens is 238 g/mol. The van der Waals surface area contributed by atoms with Gasteiger partial charge >= 0.3 is 0 Å². The first-order chi connectivity index (χ1) is 8.88. The van der Waals surface area contributed by atoms with E-state index in [2.05, 4.69) is 35.6 Å². The molecule has 4 heteroatoms. The molecule has 0 unspecified atom stereocenters. The third-order valence-electron chi connectivity index (χ3n) is 3.71. The van der Waals surface area contributed by atoms with Crippen molar-refractivity contribution in [2.24, 2.45) is 0 Å². The van der Waals surface area contributed by atoms with Crippen LogP contribution in [0.4, 0.5) is 5.82 Å². The van der Waals surface area contributed by atoms with E-state index in [0.717, 1.165) is 32.0 Å². The predicted molar refractivity (Wildman–Crippen MR) is 77.8 cm³/mol. The number of pyridine rings is 1. The lowest BCUT2D eigenvalue weighted by molar-refractivity contribution is 0.101. The number of piperazine rings is 1. The average molecular weight is 261 g/mol. The smallest absolute Gasteiger partial charge is 0.161 e. The van der Waals surface area contributed by atoms with Crippen LogP contribution in [0.2, 0.25) is 0 Å². The zero-order chi connectivity index (χ0) is 14.0. The van der Waals surface area contributed by atoms with Crippen molar-refractivity contribution in [1.29, 1.82) is 0 Å². The minimum absolute atomic E-state index is 0.0663. The summed E-state index contributed by atoms with van der Waals surface area (Å²) in [6.45, 7) is 12.4. The van der Waals surface area contributed by atoms with Crippen LogP contribution in [0.15, 0.2) is 18.3 Å². The molecule has 1 aliphatic heterocycles. The summed E-state index contributed by atoms with van der Waals surface area (Å²) in [6.07, 6.45) is 1.67. The van der Waals surface area contributed by atoms with Crippen LogP contribution in [0.1, 0.15) is 38.1 Å². The minimum Gasteiger partial charge on any atom is -0.354 e. The van der Waals surface area contributed by atoms with E-state index in [9.17, 15) is 4.79 Å². The molecule has 0 amide bonds. The van der Waals surface area contributed by atoms with E-state index in [1.165, 1.54) is 0 Å². The SMILES string of the molecule is CC(=O)c1ccc(N2CCN(C(C)(C)C)CC2)nc1. The fraction of sp³-hybridized carbons (Fsp3) is 0.600. The van der Waals surface area contributed by atoms with Crippen molar-refractivity contribution in [3.8, 4) is 0 Å². The molecule has 1 fully saturated rings. The second-order valence-corrected chi connectivity index (χ2v) is 6.11. The zero-order valence-corrected chi connectivity index (χ0v) is 12.3. The summed E-state index contributed by atoms with van der Waals surface area (Å²) in [6, 6.07) is 3.81. The number of aromatic nitrogens is 1. The number of anilines is 1. The van der Waals surface area contributed by atoms with Crippen molar-refractivity contribution >= 4 is 11.6 Å². The van der Waals surface area contributed by atoms with Crippen molar-refractivity contribution < 1.29 is 4.79 Å².